The first kappa shape index (κ1) is 19.8. The lowest BCUT2D eigenvalue weighted by molar-refractivity contribution is 0.0963. The summed E-state index contributed by atoms with van der Waals surface area (Å²) in [5.41, 5.74) is 6.37. The van der Waals surface area contributed by atoms with Crippen molar-refractivity contribution in [1.82, 2.24) is 10.2 Å². The first-order valence-corrected chi connectivity index (χ1v) is 9.55. The minimum atomic E-state index is -0.219. The van der Waals surface area contributed by atoms with E-state index in [4.69, 9.17) is 15.2 Å². The molecule has 1 heterocycles. The topological polar surface area (TPSA) is 89.2 Å². The minimum absolute atomic E-state index is 0.219. The summed E-state index contributed by atoms with van der Waals surface area (Å²) in [6, 6.07) is 0.271. The highest BCUT2D eigenvalue weighted by Crippen LogP contribution is 2.41. The number of nitrogens with two attached hydrogens (primary N) is 1. The van der Waals surface area contributed by atoms with Crippen LogP contribution in [-0.2, 0) is 9.47 Å². The molecule has 0 spiro atoms. The number of ether oxygens (including phenoxy) is 2. The molecule has 0 bridgehead atoms. The Morgan fingerprint density at radius 3 is 2.60 bits per heavy atom. The fraction of sp³-hybridized carbons (Fsp3) is 0.889. The van der Waals surface area contributed by atoms with Crippen LogP contribution >= 0.6 is 0 Å². The number of likely N-dealkylation sites (tertiary alicyclic amines) is 1. The summed E-state index contributed by atoms with van der Waals surface area (Å²) < 4.78 is 10.3. The average Bonchev–Trinajstić information content (AvgIpc) is 3.08. The van der Waals surface area contributed by atoms with Crippen molar-refractivity contribution in [3.05, 3.63) is 0 Å². The highest BCUT2D eigenvalue weighted by atomic mass is 16.6. The van der Waals surface area contributed by atoms with Gasteiger partial charge in [0.15, 0.2) is 5.96 Å². The number of amides is 1. The predicted molar refractivity (Wildman–Crippen MR) is 98.6 cm³/mol. The summed E-state index contributed by atoms with van der Waals surface area (Å²) >= 11 is 0. The third-order valence-corrected chi connectivity index (χ3v) is 5.46. The number of hydrogen-bond acceptors (Lipinski definition) is 4. The van der Waals surface area contributed by atoms with Crippen molar-refractivity contribution in [2.75, 3.05) is 40.0 Å². The van der Waals surface area contributed by atoms with E-state index in [9.17, 15) is 4.79 Å². The van der Waals surface area contributed by atoms with Gasteiger partial charge in [0.2, 0.25) is 0 Å². The van der Waals surface area contributed by atoms with E-state index in [1.54, 1.807) is 12.0 Å². The Balaban J connectivity index is 1.76. The van der Waals surface area contributed by atoms with Crippen molar-refractivity contribution in [2.45, 2.75) is 57.9 Å². The number of methoxy groups -OCH3 is 1. The Labute approximate surface area is 151 Å². The maximum atomic E-state index is 11.7. The van der Waals surface area contributed by atoms with Crippen LogP contribution in [-0.4, -0.2) is 63.0 Å². The van der Waals surface area contributed by atoms with Gasteiger partial charge >= 0.3 is 6.09 Å². The number of nitrogens with zero attached hydrogens (tertiary/aromatic N) is 2. The molecule has 144 valence electrons. The molecule has 1 saturated heterocycles. The van der Waals surface area contributed by atoms with Crippen molar-refractivity contribution in [2.24, 2.45) is 16.1 Å². The standard InChI is InChI=1S/C18H34N4O3/c1-3-25-17(23)22-11-6-15(7-12-22)21-16(19)20-14-18(10-13-24-2)8-4-5-9-18/h15H,3-14H2,1-2H3,(H3,19,20,21). The zero-order valence-electron chi connectivity index (χ0n) is 15.8. The number of carbonyl (C=O) groups excluding carboxylic acids is 1. The number of carbonyl (C=O) groups is 1. The Kier molecular flexibility index (Phi) is 7.81. The van der Waals surface area contributed by atoms with Crippen LogP contribution in [0.1, 0.15) is 51.9 Å². The highest BCUT2D eigenvalue weighted by Gasteiger charge is 2.33. The van der Waals surface area contributed by atoms with Gasteiger partial charge in [-0.15, -0.1) is 0 Å². The molecule has 2 fully saturated rings. The second-order valence-electron chi connectivity index (χ2n) is 7.26. The molecule has 2 aliphatic rings. The number of piperidine rings is 1. The van der Waals surface area contributed by atoms with E-state index >= 15 is 0 Å². The van der Waals surface area contributed by atoms with Crippen LogP contribution in [0.3, 0.4) is 0 Å². The van der Waals surface area contributed by atoms with Gasteiger partial charge in [-0.2, -0.15) is 0 Å². The summed E-state index contributed by atoms with van der Waals surface area (Å²) in [7, 11) is 1.75. The summed E-state index contributed by atoms with van der Waals surface area (Å²) in [5.74, 6) is 0.526. The van der Waals surface area contributed by atoms with Gasteiger partial charge in [0.05, 0.1) is 6.61 Å². The Bertz CT molecular complexity index is 442. The Hall–Kier alpha value is -1.50. The summed E-state index contributed by atoms with van der Waals surface area (Å²) in [4.78, 5) is 18.1. The lowest BCUT2D eigenvalue weighted by Gasteiger charge is -2.32. The third-order valence-electron chi connectivity index (χ3n) is 5.46. The van der Waals surface area contributed by atoms with Gasteiger partial charge in [-0.25, -0.2) is 4.79 Å². The summed E-state index contributed by atoms with van der Waals surface area (Å²) in [6.45, 7) is 5.20. The zero-order valence-corrected chi connectivity index (χ0v) is 15.8. The molecule has 0 atom stereocenters. The molecule has 7 heteroatoms. The quantitative estimate of drug-likeness (QED) is 0.540. The van der Waals surface area contributed by atoms with Crippen molar-refractivity contribution in [3.8, 4) is 0 Å². The molecular formula is C18H34N4O3. The minimum Gasteiger partial charge on any atom is -0.450 e. The molecule has 1 amide bonds. The second kappa shape index (κ2) is 9.85. The van der Waals surface area contributed by atoms with E-state index < -0.39 is 0 Å². The van der Waals surface area contributed by atoms with Gasteiger partial charge in [-0.1, -0.05) is 12.8 Å². The summed E-state index contributed by atoms with van der Waals surface area (Å²) in [5, 5.41) is 3.33. The SMILES string of the molecule is CCOC(=O)N1CCC(NC(N)=NCC2(CCOC)CCCC2)CC1. The molecule has 7 nitrogen and oxygen atoms in total. The molecule has 0 unspecified atom stereocenters. The first-order valence-electron chi connectivity index (χ1n) is 9.55. The number of nitrogens with one attached hydrogen (secondary N) is 1. The van der Waals surface area contributed by atoms with E-state index in [0.717, 1.165) is 32.4 Å². The molecule has 2 rings (SSSR count). The molecule has 0 aromatic heterocycles. The average molecular weight is 354 g/mol. The Morgan fingerprint density at radius 2 is 2.00 bits per heavy atom. The van der Waals surface area contributed by atoms with Gasteiger partial charge < -0.3 is 25.4 Å². The largest absolute Gasteiger partial charge is 0.450 e. The molecule has 0 radical (unpaired) electrons. The zero-order chi connectivity index (χ0) is 18.1. The normalized spacial score (nSPS) is 21.4. The van der Waals surface area contributed by atoms with Crippen molar-refractivity contribution < 1.29 is 14.3 Å². The van der Waals surface area contributed by atoms with Crippen LogP contribution in [0.4, 0.5) is 4.79 Å². The lowest BCUT2D eigenvalue weighted by Crippen LogP contribution is -2.48. The van der Waals surface area contributed by atoms with E-state index in [2.05, 4.69) is 10.3 Å². The summed E-state index contributed by atoms with van der Waals surface area (Å²) in [6.07, 6.45) is 7.55. The van der Waals surface area contributed by atoms with Crippen LogP contribution in [0.5, 0.6) is 0 Å². The van der Waals surface area contributed by atoms with Gasteiger partial charge in [0.25, 0.3) is 0 Å². The van der Waals surface area contributed by atoms with Crippen molar-refractivity contribution in [1.29, 1.82) is 0 Å². The third kappa shape index (κ3) is 6.06. The number of aliphatic imine (C=N–C) groups is 1. The fourth-order valence-electron chi connectivity index (χ4n) is 3.86. The number of hydrogen-bond donors (Lipinski definition) is 2. The number of rotatable bonds is 7. The maximum Gasteiger partial charge on any atom is 0.409 e. The number of guanidine groups is 1. The molecule has 3 N–H and O–H groups in total. The molecule has 1 aliphatic heterocycles. The van der Waals surface area contributed by atoms with E-state index in [1.807, 2.05) is 6.92 Å². The fourth-order valence-corrected chi connectivity index (χ4v) is 3.86. The first-order chi connectivity index (χ1) is 12.1. The monoisotopic (exact) mass is 354 g/mol. The van der Waals surface area contributed by atoms with Crippen LogP contribution in [0.15, 0.2) is 4.99 Å². The lowest BCUT2D eigenvalue weighted by atomic mass is 9.83. The molecule has 25 heavy (non-hydrogen) atoms. The van der Waals surface area contributed by atoms with Crippen LogP contribution < -0.4 is 11.1 Å². The smallest absolute Gasteiger partial charge is 0.409 e. The van der Waals surface area contributed by atoms with E-state index in [-0.39, 0.29) is 17.6 Å². The van der Waals surface area contributed by atoms with E-state index in [0.29, 0.717) is 25.7 Å². The van der Waals surface area contributed by atoms with Crippen molar-refractivity contribution >= 4 is 12.1 Å². The Morgan fingerprint density at radius 1 is 1.32 bits per heavy atom. The predicted octanol–water partition coefficient (Wildman–Crippen LogP) is 2.11. The van der Waals surface area contributed by atoms with Crippen LogP contribution in [0, 0.1) is 5.41 Å². The van der Waals surface area contributed by atoms with Gasteiger partial charge in [-0.3, -0.25) is 4.99 Å². The van der Waals surface area contributed by atoms with Crippen molar-refractivity contribution in [3.63, 3.8) is 0 Å². The molecule has 0 aromatic carbocycles. The molecular weight excluding hydrogens is 320 g/mol. The van der Waals surface area contributed by atoms with Crippen LogP contribution in [0.25, 0.3) is 0 Å². The van der Waals surface area contributed by atoms with Gasteiger partial charge in [0.1, 0.15) is 0 Å². The van der Waals surface area contributed by atoms with Crippen LogP contribution in [0.2, 0.25) is 0 Å². The van der Waals surface area contributed by atoms with Gasteiger partial charge in [0, 0.05) is 39.4 Å². The maximum absolute atomic E-state index is 11.7. The highest BCUT2D eigenvalue weighted by molar-refractivity contribution is 5.78. The molecule has 0 aromatic rings. The molecule has 1 saturated carbocycles. The van der Waals surface area contributed by atoms with E-state index in [1.165, 1.54) is 25.7 Å². The second-order valence-corrected chi connectivity index (χ2v) is 7.26. The van der Waals surface area contributed by atoms with Gasteiger partial charge in [-0.05, 0) is 44.4 Å². The molecule has 1 aliphatic carbocycles.